The molecule has 6 heteroatoms. The Morgan fingerprint density at radius 1 is 1.57 bits per heavy atom. The monoisotopic (exact) mass is 222 g/mol. The molecule has 0 aliphatic rings. The van der Waals surface area contributed by atoms with Crippen LogP contribution < -0.4 is 5.73 Å². The molecule has 1 rings (SSSR count). The molecular formula is C8H9ClF2N2O. The number of rotatable bonds is 3. The number of nitrogens with two attached hydrogens (primary N) is 1. The van der Waals surface area contributed by atoms with Crippen molar-refractivity contribution in [3.05, 3.63) is 28.0 Å². The van der Waals surface area contributed by atoms with Crippen LogP contribution in [0.4, 0.5) is 8.78 Å². The second-order valence-corrected chi connectivity index (χ2v) is 2.99. The van der Waals surface area contributed by atoms with Crippen molar-refractivity contribution in [2.75, 3.05) is 0 Å². The molecule has 0 bridgehead atoms. The van der Waals surface area contributed by atoms with Crippen molar-refractivity contribution in [3.63, 3.8) is 0 Å². The van der Waals surface area contributed by atoms with Gasteiger partial charge in [-0.05, 0) is 11.1 Å². The van der Waals surface area contributed by atoms with Gasteiger partial charge in [-0.25, -0.2) is 13.8 Å². The standard InChI is InChI=1S/C8H9ClF2N2O/c9-7-6(8(10)11)5(3-14)4(1-12)2-13-7/h2,8,14H,1,3,12H2. The van der Waals surface area contributed by atoms with Gasteiger partial charge in [0.2, 0.25) is 0 Å². The van der Waals surface area contributed by atoms with Gasteiger partial charge in [0.25, 0.3) is 6.43 Å². The zero-order chi connectivity index (χ0) is 10.7. The molecule has 78 valence electrons. The molecule has 0 fully saturated rings. The van der Waals surface area contributed by atoms with E-state index in [4.69, 9.17) is 22.4 Å². The second-order valence-electron chi connectivity index (χ2n) is 2.63. The molecule has 0 atom stereocenters. The summed E-state index contributed by atoms with van der Waals surface area (Å²) in [7, 11) is 0. The molecule has 0 unspecified atom stereocenters. The molecule has 0 amide bonds. The molecule has 0 aliphatic heterocycles. The first-order valence-corrected chi connectivity index (χ1v) is 4.24. The normalized spacial score (nSPS) is 11.0. The van der Waals surface area contributed by atoms with Gasteiger partial charge in [0.1, 0.15) is 5.15 Å². The molecule has 0 radical (unpaired) electrons. The highest BCUT2D eigenvalue weighted by Gasteiger charge is 2.20. The number of hydrogen-bond acceptors (Lipinski definition) is 3. The van der Waals surface area contributed by atoms with Crippen molar-refractivity contribution in [2.24, 2.45) is 5.73 Å². The number of alkyl halides is 2. The first kappa shape index (κ1) is 11.3. The summed E-state index contributed by atoms with van der Waals surface area (Å²) in [6.45, 7) is -0.478. The number of halogens is 3. The predicted octanol–water partition coefficient (Wildman–Crippen LogP) is 1.62. The molecule has 1 aromatic heterocycles. The summed E-state index contributed by atoms with van der Waals surface area (Å²) < 4.78 is 25.0. The predicted molar refractivity (Wildman–Crippen MR) is 48.0 cm³/mol. The SMILES string of the molecule is NCc1cnc(Cl)c(C(F)F)c1CO. The first-order valence-electron chi connectivity index (χ1n) is 3.87. The number of aromatic nitrogens is 1. The van der Waals surface area contributed by atoms with E-state index in [0.29, 0.717) is 5.56 Å². The molecule has 14 heavy (non-hydrogen) atoms. The van der Waals surface area contributed by atoms with E-state index < -0.39 is 18.6 Å². The van der Waals surface area contributed by atoms with E-state index in [2.05, 4.69) is 4.98 Å². The zero-order valence-corrected chi connectivity index (χ0v) is 7.93. The van der Waals surface area contributed by atoms with Crippen LogP contribution in [-0.2, 0) is 13.2 Å². The molecule has 0 saturated heterocycles. The lowest BCUT2D eigenvalue weighted by Gasteiger charge is -2.11. The summed E-state index contributed by atoms with van der Waals surface area (Å²) >= 11 is 5.49. The van der Waals surface area contributed by atoms with Gasteiger partial charge in [0.15, 0.2) is 0 Å². The molecule has 0 aromatic carbocycles. The maximum absolute atomic E-state index is 12.5. The molecular weight excluding hydrogens is 214 g/mol. The fourth-order valence-corrected chi connectivity index (χ4v) is 1.41. The minimum absolute atomic E-state index is 0.0415. The smallest absolute Gasteiger partial charge is 0.267 e. The summed E-state index contributed by atoms with van der Waals surface area (Å²) in [5.41, 5.74) is 5.33. The summed E-state index contributed by atoms with van der Waals surface area (Å²) in [5, 5.41) is 8.64. The molecule has 0 aliphatic carbocycles. The molecule has 0 spiro atoms. The average molecular weight is 223 g/mol. The summed E-state index contributed by atoms with van der Waals surface area (Å²) in [4.78, 5) is 3.57. The topological polar surface area (TPSA) is 59.1 Å². The second kappa shape index (κ2) is 4.63. The molecule has 0 saturated carbocycles. The summed E-state index contributed by atoms with van der Waals surface area (Å²) in [6.07, 6.45) is -1.47. The van der Waals surface area contributed by atoms with Gasteiger partial charge >= 0.3 is 0 Å². The van der Waals surface area contributed by atoms with E-state index in [1.807, 2.05) is 0 Å². The Labute approximate surface area is 84.5 Å². The zero-order valence-electron chi connectivity index (χ0n) is 7.17. The molecule has 3 nitrogen and oxygen atoms in total. The third-order valence-electron chi connectivity index (χ3n) is 1.86. The van der Waals surface area contributed by atoms with E-state index in [-0.39, 0.29) is 17.3 Å². The van der Waals surface area contributed by atoms with E-state index in [9.17, 15) is 8.78 Å². The van der Waals surface area contributed by atoms with Crippen molar-refractivity contribution in [1.82, 2.24) is 4.98 Å². The lowest BCUT2D eigenvalue weighted by molar-refractivity contribution is 0.146. The van der Waals surface area contributed by atoms with Crippen molar-refractivity contribution in [3.8, 4) is 0 Å². The van der Waals surface area contributed by atoms with Crippen LogP contribution in [0.1, 0.15) is 23.1 Å². The lowest BCUT2D eigenvalue weighted by Crippen LogP contribution is -2.07. The van der Waals surface area contributed by atoms with Crippen molar-refractivity contribution < 1.29 is 13.9 Å². The van der Waals surface area contributed by atoms with Gasteiger partial charge in [-0.15, -0.1) is 0 Å². The minimum Gasteiger partial charge on any atom is -0.392 e. The van der Waals surface area contributed by atoms with E-state index in [1.165, 1.54) is 6.20 Å². The van der Waals surface area contributed by atoms with E-state index in [0.717, 1.165) is 0 Å². The number of hydrogen-bond donors (Lipinski definition) is 2. The maximum Gasteiger partial charge on any atom is 0.267 e. The van der Waals surface area contributed by atoms with Crippen LogP contribution in [0.15, 0.2) is 6.20 Å². The number of aliphatic hydroxyl groups is 1. The van der Waals surface area contributed by atoms with Crippen LogP contribution in [0.25, 0.3) is 0 Å². The number of pyridine rings is 1. The Bertz CT molecular complexity index is 333. The number of aliphatic hydroxyl groups excluding tert-OH is 1. The van der Waals surface area contributed by atoms with Gasteiger partial charge in [-0.1, -0.05) is 11.6 Å². The Hall–Kier alpha value is -0.780. The van der Waals surface area contributed by atoms with E-state index in [1.54, 1.807) is 0 Å². The number of nitrogens with zero attached hydrogens (tertiary/aromatic N) is 1. The Kier molecular flexibility index (Phi) is 3.74. The third-order valence-corrected chi connectivity index (χ3v) is 2.17. The summed E-state index contributed by atoms with van der Waals surface area (Å²) in [5.74, 6) is 0. The summed E-state index contributed by atoms with van der Waals surface area (Å²) in [6, 6.07) is 0. The maximum atomic E-state index is 12.5. The van der Waals surface area contributed by atoms with Gasteiger partial charge in [0, 0.05) is 12.7 Å². The molecule has 1 aromatic rings. The van der Waals surface area contributed by atoms with Gasteiger partial charge in [-0.2, -0.15) is 0 Å². The third kappa shape index (κ3) is 2.00. The van der Waals surface area contributed by atoms with E-state index >= 15 is 0 Å². The van der Waals surface area contributed by atoms with Crippen molar-refractivity contribution >= 4 is 11.6 Å². The van der Waals surface area contributed by atoms with Crippen LogP contribution in [0.2, 0.25) is 5.15 Å². The van der Waals surface area contributed by atoms with Crippen molar-refractivity contribution in [1.29, 1.82) is 0 Å². The van der Waals surface area contributed by atoms with Crippen molar-refractivity contribution in [2.45, 2.75) is 19.6 Å². The highest BCUT2D eigenvalue weighted by molar-refractivity contribution is 6.30. The van der Waals surface area contributed by atoms with Gasteiger partial charge < -0.3 is 10.8 Å². The van der Waals surface area contributed by atoms with Crippen LogP contribution in [0.5, 0.6) is 0 Å². The van der Waals surface area contributed by atoms with Crippen LogP contribution in [0.3, 0.4) is 0 Å². The van der Waals surface area contributed by atoms with Crippen LogP contribution in [-0.4, -0.2) is 10.1 Å². The highest BCUT2D eigenvalue weighted by atomic mass is 35.5. The van der Waals surface area contributed by atoms with Gasteiger partial charge in [0.05, 0.1) is 12.2 Å². The highest BCUT2D eigenvalue weighted by Crippen LogP contribution is 2.30. The minimum atomic E-state index is -2.76. The fraction of sp³-hybridized carbons (Fsp3) is 0.375. The van der Waals surface area contributed by atoms with Crippen LogP contribution >= 0.6 is 11.6 Å². The Morgan fingerprint density at radius 2 is 2.21 bits per heavy atom. The van der Waals surface area contributed by atoms with Gasteiger partial charge in [-0.3, -0.25) is 0 Å². The Balaban J connectivity index is 3.35. The average Bonchev–Trinajstić information content (AvgIpc) is 2.16. The lowest BCUT2D eigenvalue weighted by atomic mass is 10.1. The first-order chi connectivity index (χ1) is 6.61. The van der Waals surface area contributed by atoms with Crippen LogP contribution in [0, 0.1) is 0 Å². The largest absolute Gasteiger partial charge is 0.392 e. The Morgan fingerprint density at radius 3 is 2.64 bits per heavy atom. The quantitative estimate of drug-likeness (QED) is 0.765. The fourth-order valence-electron chi connectivity index (χ4n) is 1.16. The molecule has 1 heterocycles. The molecule has 3 N–H and O–H groups in total.